The van der Waals surface area contributed by atoms with Gasteiger partial charge in [-0.25, -0.2) is 0 Å². The Kier molecular flexibility index (Phi) is 5.98. The second-order valence-electron chi connectivity index (χ2n) is 6.81. The van der Waals surface area contributed by atoms with E-state index in [-0.39, 0.29) is 0 Å². The van der Waals surface area contributed by atoms with Crippen molar-refractivity contribution in [2.75, 3.05) is 0 Å². The molecule has 0 rings (SSSR count). The Balaban J connectivity index is 6.47. The Morgan fingerprint density at radius 1 is 0.407 bits per heavy atom. The second kappa shape index (κ2) is 6.22. The highest BCUT2D eigenvalue weighted by molar-refractivity contribution is 5.13. The van der Waals surface area contributed by atoms with Crippen LogP contribution < -0.4 is 0 Å². The van der Waals surface area contributed by atoms with Crippen molar-refractivity contribution < 1.29 is 65.9 Å². The van der Waals surface area contributed by atoms with Gasteiger partial charge in [-0.2, -0.15) is 65.9 Å². The molecule has 0 radical (unpaired) electrons. The van der Waals surface area contributed by atoms with E-state index in [1.807, 2.05) is 0 Å². The average molecular weight is 440 g/mol. The first-order chi connectivity index (χ1) is 11.2. The smallest absolute Gasteiger partial charge is 0.200 e. The van der Waals surface area contributed by atoms with Crippen LogP contribution in [0.3, 0.4) is 0 Å². The van der Waals surface area contributed by atoms with Crippen LogP contribution in [0.15, 0.2) is 0 Å². The first-order valence-corrected chi connectivity index (χ1v) is 6.54. The zero-order valence-corrected chi connectivity index (χ0v) is 13.4. The summed E-state index contributed by atoms with van der Waals surface area (Å²) in [5, 5.41) is 0. The van der Waals surface area contributed by atoms with Crippen LogP contribution in [0.2, 0.25) is 0 Å². The minimum Gasteiger partial charge on any atom is -0.200 e. The highest BCUT2D eigenvalue weighted by Crippen LogP contribution is 2.63. The van der Waals surface area contributed by atoms with E-state index >= 15 is 0 Å². The molecule has 15 heteroatoms. The molecule has 0 bridgehead atoms. The van der Waals surface area contributed by atoms with E-state index in [0.29, 0.717) is 0 Å². The predicted molar refractivity (Wildman–Crippen MR) is 59.8 cm³/mol. The van der Waals surface area contributed by atoms with Gasteiger partial charge in [0, 0.05) is 6.42 Å². The van der Waals surface area contributed by atoms with Crippen LogP contribution in [0.1, 0.15) is 27.2 Å². The summed E-state index contributed by atoms with van der Waals surface area (Å²) >= 11 is 0. The number of hydrogen-bond donors (Lipinski definition) is 0. The van der Waals surface area contributed by atoms with Gasteiger partial charge >= 0.3 is 41.7 Å². The largest absolute Gasteiger partial charge is 0.460 e. The van der Waals surface area contributed by atoms with E-state index in [4.69, 9.17) is 0 Å². The fourth-order valence-corrected chi connectivity index (χ4v) is 1.78. The Bertz CT molecular complexity index is 534. The van der Waals surface area contributed by atoms with Crippen LogP contribution in [0, 0.1) is 5.41 Å². The van der Waals surface area contributed by atoms with Gasteiger partial charge in [0.15, 0.2) is 0 Å². The predicted octanol–water partition coefficient (Wildman–Crippen LogP) is 6.80. The maximum Gasteiger partial charge on any atom is 0.460 e. The summed E-state index contributed by atoms with van der Waals surface area (Å²) in [6.45, 7) is 2.17. The SMILES string of the molecule is CC(C)(C)CC(F)(F)C(F)(F)C(F)(F)C(F)(F)C(F)(F)C(F)(F)C(F)(F)F. The van der Waals surface area contributed by atoms with Gasteiger partial charge in [-0.05, 0) is 5.41 Å². The van der Waals surface area contributed by atoms with Crippen molar-refractivity contribution >= 4 is 0 Å². The van der Waals surface area contributed by atoms with E-state index in [9.17, 15) is 65.9 Å². The van der Waals surface area contributed by atoms with Crippen molar-refractivity contribution in [1.82, 2.24) is 0 Å². The van der Waals surface area contributed by atoms with Crippen LogP contribution >= 0.6 is 0 Å². The summed E-state index contributed by atoms with van der Waals surface area (Å²) in [4.78, 5) is 0. The minimum atomic E-state index is -8.22. The first kappa shape index (κ1) is 26.0. The van der Waals surface area contributed by atoms with Crippen molar-refractivity contribution in [2.24, 2.45) is 5.41 Å². The van der Waals surface area contributed by atoms with E-state index in [0.717, 1.165) is 20.8 Å². The number of halogens is 15. The Hall–Kier alpha value is -1.05. The Morgan fingerprint density at radius 3 is 0.926 bits per heavy atom. The van der Waals surface area contributed by atoms with Crippen LogP contribution in [-0.2, 0) is 0 Å². The highest BCUT2D eigenvalue weighted by atomic mass is 19.4. The van der Waals surface area contributed by atoms with E-state index in [2.05, 4.69) is 0 Å². The van der Waals surface area contributed by atoms with E-state index < -0.39 is 53.5 Å². The lowest BCUT2D eigenvalue weighted by molar-refractivity contribution is -0.453. The lowest BCUT2D eigenvalue weighted by atomic mass is 9.83. The maximum absolute atomic E-state index is 13.4. The standard InChI is InChI=1S/C12H11F15/c1-5(2,3)4-6(13,14)7(15,16)8(17,18)9(19,20)10(21,22)11(23,24)12(25,26)27/h4H2,1-3H3. The van der Waals surface area contributed by atoms with Crippen LogP contribution in [0.5, 0.6) is 0 Å². The van der Waals surface area contributed by atoms with Gasteiger partial charge in [0.05, 0.1) is 0 Å². The van der Waals surface area contributed by atoms with Crippen molar-refractivity contribution in [3.8, 4) is 0 Å². The molecule has 0 aromatic carbocycles. The summed E-state index contributed by atoms with van der Waals surface area (Å²) in [6, 6.07) is 0. The molecular formula is C12H11F15. The number of alkyl halides is 15. The van der Waals surface area contributed by atoms with Gasteiger partial charge in [0.2, 0.25) is 0 Å². The third kappa shape index (κ3) is 3.78. The normalized spacial score (nSPS) is 16.7. The van der Waals surface area contributed by atoms with Gasteiger partial charge < -0.3 is 0 Å². The molecule has 0 saturated carbocycles. The molecule has 164 valence electrons. The number of rotatable bonds is 6. The lowest BCUT2D eigenvalue weighted by Gasteiger charge is -2.42. The van der Waals surface area contributed by atoms with Gasteiger partial charge in [-0.3, -0.25) is 0 Å². The maximum atomic E-state index is 13.4. The van der Waals surface area contributed by atoms with Gasteiger partial charge in [-0.1, -0.05) is 20.8 Å². The molecule has 27 heavy (non-hydrogen) atoms. The topological polar surface area (TPSA) is 0 Å². The molecule has 0 aliphatic carbocycles. The molecule has 0 fully saturated rings. The summed E-state index contributed by atoms with van der Waals surface area (Å²) in [5.74, 6) is -45.9. The molecule has 0 saturated heterocycles. The molecule has 0 amide bonds. The zero-order chi connectivity index (χ0) is 22.7. The molecule has 0 unspecified atom stereocenters. The molecular weight excluding hydrogens is 429 g/mol. The molecule has 0 atom stereocenters. The van der Waals surface area contributed by atoms with Crippen molar-refractivity contribution in [1.29, 1.82) is 0 Å². The fourth-order valence-electron chi connectivity index (χ4n) is 1.78. The van der Waals surface area contributed by atoms with Gasteiger partial charge in [-0.15, -0.1) is 0 Å². The van der Waals surface area contributed by atoms with E-state index in [1.54, 1.807) is 0 Å². The average Bonchev–Trinajstić information content (AvgIpc) is 2.33. The third-order valence-electron chi connectivity index (χ3n) is 3.15. The zero-order valence-electron chi connectivity index (χ0n) is 13.4. The van der Waals surface area contributed by atoms with Crippen molar-refractivity contribution in [3.05, 3.63) is 0 Å². The van der Waals surface area contributed by atoms with Crippen molar-refractivity contribution in [2.45, 2.75) is 68.9 Å². The quantitative estimate of drug-likeness (QED) is 0.399. The second-order valence-corrected chi connectivity index (χ2v) is 6.81. The van der Waals surface area contributed by atoms with Crippen LogP contribution in [-0.4, -0.2) is 41.7 Å². The molecule has 0 aliphatic rings. The minimum absolute atomic E-state index is 0.722. The fraction of sp³-hybridized carbons (Fsp3) is 1.00. The molecule has 0 nitrogen and oxygen atoms in total. The van der Waals surface area contributed by atoms with E-state index in [1.165, 1.54) is 0 Å². The van der Waals surface area contributed by atoms with Gasteiger partial charge in [0.25, 0.3) is 0 Å². The molecule has 0 N–H and O–H groups in total. The molecule has 0 aromatic rings. The first-order valence-electron chi connectivity index (χ1n) is 6.54. The third-order valence-corrected chi connectivity index (χ3v) is 3.15. The number of hydrogen-bond acceptors (Lipinski definition) is 0. The molecule has 0 aromatic heterocycles. The lowest BCUT2D eigenvalue weighted by Crippen LogP contribution is -2.72. The highest BCUT2D eigenvalue weighted by Gasteiger charge is 2.93. The Morgan fingerprint density at radius 2 is 0.667 bits per heavy atom. The monoisotopic (exact) mass is 440 g/mol. The van der Waals surface area contributed by atoms with Crippen LogP contribution in [0.25, 0.3) is 0 Å². The van der Waals surface area contributed by atoms with Crippen molar-refractivity contribution in [3.63, 3.8) is 0 Å². The summed E-state index contributed by atoms with van der Waals surface area (Å²) in [7, 11) is 0. The molecule has 0 spiro atoms. The summed E-state index contributed by atoms with van der Waals surface area (Å²) < 4.78 is 193. The Labute approximate surface area is 141 Å². The van der Waals surface area contributed by atoms with Gasteiger partial charge in [0.1, 0.15) is 0 Å². The molecule has 0 aliphatic heterocycles. The summed E-state index contributed by atoms with van der Waals surface area (Å²) in [5.41, 5.74) is -1.99. The molecule has 0 heterocycles. The van der Waals surface area contributed by atoms with Crippen LogP contribution in [0.4, 0.5) is 65.9 Å². The summed E-state index contributed by atoms with van der Waals surface area (Å²) in [6.07, 6.45) is -9.90.